The van der Waals surface area contributed by atoms with Gasteiger partial charge >= 0.3 is 12.2 Å². The van der Waals surface area contributed by atoms with E-state index in [0.717, 1.165) is 17.8 Å². The van der Waals surface area contributed by atoms with Gasteiger partial charge in [-0.2, -0.15) is 13.2 Å². The molecule has 6 nitrogen and oxygen atoms in total. The van der Waals surface area contributed by atoms with Gasteiger partial charge in [-0.05, 0) is 35.7 Å². The van der Waals surface area contributed by atoms with Crippen molar-refractivity contribution >= 4 is 17.5 Å². The SMILES string of the molecule is CC(C)[C@H]1CN(c2ccc(C(F)(F)F)nc2)C(=O)N1CC(=O)c1cccc(OCc2ccccc2)c1. The molecule has 1 fully saturated rings. The van der Waals surface area contributed by atoms with E-state index in [2.05, 4.69) is 4.98 Å². The van der Waals surface area contributed by atoms with Crippen LogP contribution in [0.5, 0.6) is 5.75 Å². The molecular formula is C27H26F3N3O3. The summed E-state index contributed by atoms with van der Waals surface area (Å²) >= 11 is 0. The highest BCUT2D eigenvalue weighted by Gasteiger charge is 2.41. The van der Waals surface area contributed by atoms with Crippen molar-refractivity contribution in [2.24, 2.45) is 5.92 Å². The number of halogens is 3. The summed E-state index contributed by atoms with van der Waals surface area (Å²) in [4.78, 5) is 32.7. The molecule has 0 radical (unpaired) electrons. The molecule has 36 heavy (non-hydrogen) atoms. The zero-order chi connectivity index (χ0) is 25.9. The molecule has 2 heterocycles. The number of hydrogen-bond donors (Lipinski definition) is 0. The Balaban J connectivity index is 1.47. The molecule has 1 aromatic heterocycles. The first-order valence-electron chi connectivity index (χ1n) is 11.5. The second-order valence-corrected chi connectivity index (χ2v) is 8.96. The fraction of sp³-hybridized carbons (Fsp3) is 0.296. The molecule has 1 aliphatic rings. The van der Waals surface area contributed by atoms with E-state index in [1.807, 2.05) is 44.2 Å². The van der Waals surface area contributed by atoms with E-state index in [0.29, 0.717) is 17.9 Å². The molecule has 9 heteroatoms. The zero-order valence-electron chi connectivity index (χ0n) is 19.9. The minimum absolute atomic E-state index is 0.0229. The van der Waals surface area contributed by atoms with Gasteiger partial charge in [0.2, 0.25) is 0 Å². The number of Topliss-reactive ketones (excluding diaryl/α,β-unsaturated/α-hetero) is 1. The molecular weight excluding hydrogens is 471 g/mol. The minimum Gasteiger partial charge on any atom is -0.489 e. The summed E-state index contributed by atoms with van der Waals surface area (Å²) in [5.74, 6) is 0.302. The maximum atomic E-state index is 13.2. The van der Waals surface area contributed by atoms with Crippen LogP contribution in [0, 0.1) is 5.92 Å². The number of benzene rings is 2. The summed E-state index contributed by atoms with van der Waals surface area (Å²) in [6, 6.07) is 17.8. The number of urea groups is 1. The van der Waals surface area contributed by atoms with Gasteiger partial charge < -0.3 is 9.64 Å². The summed E-state index contributed by atoms with van der Waals surface area (Å²) in [7, 11) is 0. The normalized spacial score (nSPS) is 16.1. The second-order valence-electron chi connectivity index (χ2n) is 8.96. The van der Waals surface area contributed by atoms with Crippen molar-refractivity contribution in [3.8, 4) is 5.75 Å². The van der Waals surface area contributed by atoms with Crippen LogP contribution >= 0.6 is 0 Å². The topological polar surface area (TPSA) is 62.7 Å². The Bertz CT molecular complexity index is 1210. The van der Waals surface area contributed by atoms with E-state index in [-0.39, 0.29) is 36.5 Å². The van der Waals surface area contributed by atoms with Crippen LogP contribution < -0.4 is 9.64 Å². The van der Waals surface area contributed by atoms with E-state index >= 15 is 0 Å². The number of ketones is 1. The Morgan fingerprint density at radius 2 is 1.83 bits per heavy atom. The number of carbonyl (C=O) groups is 2. The van der Waals surface area contributed by atoms with E-state index in [1.165, 1.54) is 15.9 Å². The highest BCUT2D eigenvalue weighted by atomic mass is 19.4. The van der Waals surface area contributed by atoms with Crippen LogP contribution in [0.2, 0.25) is 0 Å². The molecule has 0 N–H and O–H groups in total. The van der Waals surface area contributed by atoms with E-state index < -0.39 is 17.9 Å². The Hall–Kier alpha value is -3.88. The highest BCUT2D eigenvalue weighted by Crippen LogP contribution is 2.31. The van der Waals surface area contributed by atoms with Gasteiger partial charge in [0.15, 0.2) is 5.78 Å². The van der Waals surface area contributed by atoms with E-state index in [4.69, 9.17) is 4.74 Å². The third-order valence-corrected chi connectivity index (χ3v) is 6.08. The predicted molar refractivity (Wildman–Crippen MR) is 129 cm³/mol. The monoisotopic (exact) mass is 497 g/mol. The van der Waals surface area contributed by atoms with Crippen LogP contribution in [0.15, 0.2) is 72.9 Å². The molecule has 3 aromatic rings. The Morgan fingerprint density at radius 3 is 2.47 bits per heavy atom. The van der Waals surface area contributed by atoms with Crippen molar-refractivity contribution in [2.45, 2.75) is 32.7 Å². The van der Waals surface area contributed by atoms with Crippen LogP contribution in [0.3, 0.4) is 0 Å². The molecule has 2 aromatic carbocycles. The number of pyridine rings is 1. The zero-order valence-corrected chi connectivity index (χ0v) is 19.9. The first kappa shape index (κ1) is 25.2. The van der Waals surface area contributed by atoms with Crippen molar-refractivity contribution in [2.75, 3.05) is 18.0 Å². The third-order valence-electron chi connectivity index (χ3n) is 6.08. The fourth-order valence-electron chi connectivity index (χ4n) is 4.09. The number of anilines is 1. The van der Waals surface area contributed by atoms with Crippen LogP contribution in [-0.2, 0) is 12.8 Å². The molecule has 188 valence electrons. The second kappa shape index (κ2) is 10.4. The lowest BCUT2D eigenvalue weighted by molar-refractivity contribution is -0.141. The Kier molecular flexibility index (Phi) is 7.28. The molecule has 0 unspecified atom stereocenters. The molecule has 1 saturated heterocycles. The van der Waals surface area contributed by atoms with Crippen molar-refractivity contribution in [3.05, 3.63) is 89.7 Å². The summed E-state index contributed by atoms with van der Waals surface area (Å²) < 4.78 is 44.4. The number of nitrogens with zero attached hydrogens (tertiary/aromatic N) is 3. The first-order chi connectivity index (χ1) is 17.1. The number of carbonyl (C=O) groups excluding carboxylic acids is 2. The quantitative estimate of drug-likeness (QED) is 0.368. The molecule has 0 saturated carbocycles. The lowest BCUT2D eigenvalue weighted by atomic mass is 10.0. The molecule has 1 aliphatic heterocycles. The predicted octanol–water partition coefficient (Wildman–Crippen LogP) is 5.83. The van der Waals surface area contributed by atoms with Crippen LogP contribution in [0.1, 0.15) is 35.5 Å². The molecule has 1 atom stereocenters. The minimum atomic E-state index is -4.56. The summed E-state index contributed by atoms with van der Waals surface area (Å²) in [5, 5.41) is 0. The van der Waals surface area contributed by atoms with Crippen molar-refractivity contribution in [3.63, 3.8) is 0 Å². The third kappa shape index (κ3) is 5.67. The fourth-order valence-corrected chi connectivity index (χ4v) is 4.09. The average Bonchev–Trinajstić information content (AvgIpc) is 3.19. The summed E-state index contributed by atoms with van der Waals surface area (Å²) in [5.41, 5.74) is 0.629. The van der Waals surface area contributed by atoms with Gasteiger partial charge in [-0.3, -0.25) is 9.69 Å². The molecule has 0 bridgehead atoms. The van der Waals surface area contributed by atoms with Gasteiger partial charge in [-0.25, -0.2) is 9.78 Å². The molecule has 0 spiro atoms. The number of amides is 2. The van der Waals surface area contributed by atoms with E-state index in [1.54, 1.807) is 24.3 Å². The Labute approximate surface area is 207 Å². The first-order valence-corrected chi connectivity index (χ1v) is 11.5. The lowest BCUT2D eigenvalue weighted by Crippen LogP contribution is -2.41. The summed E-state index contributed by atoms with van der Waals surface area (Å²) in [6.45, 7) is 4.31. The maximum absolute atomic E-state index is 13.2. The number of rotatable bonds is 8. The smallest absolute Gasteiger partial charge is 0.433 e. The highest BCUT2D eigenvalue weighted by molar-refractivity contribution is 6.02. The Morgan fingerprint density at radius 1 is 1.08 bits per heavy atom. The summed E-state index contributed by atoms with van der Waals surface area (Å²) in [6.07, 6.45) is -3.53. The van der Waals surface area contributed by atoms with Crippen molar-refractivity contribution < 1.29 is 27.5 Å². The van der Waals surface area contributed by atoms with Crippen molar-refractivity contribution in [1.82, 2.24) is 9.88 Å². The van der Waals surface area contributed by atoms with Gasteiger partial charge in [0, 0.05) is 12.1 Å². The van der Waals surface area contributed by atoms with Crippen LogP contribution in [0.25, 0.3) is 0 Å². The van der Waals surface area contributed by atoms with Gasteiger partial charge in [0.1, 0.15) is 18.1 Å². The number of hydrogen-bond acceptors (Lipinski definition) is 4. The van der Waals surface area contributed by atoms with Gasteiger partial charge in [0.25, 0.3) is 0 Å². The number of aromatic nitrogens is 1. The molecule has 2 amide bonds. The largest absolute Gasteiger partial charge is 0.489 e. The van der Waals surface area contributed by atoms with Crippen LogP contribution in [-0.4, -0.2) is 40.8 Å². The maximum Gasteiger partial charge on any atom is 0.433 e. The number of ether oxygens (including phenoxy) is 1. The molecule has 4 rings (SSSR count). The van der Waals surface area contributed by atoms with Crippen molar-refractivity contribution in [1.29, 1.82) is 0 Å². The van der Waals surface area contributed by atoms with Crippen LogP contribution in [0.4, 0.5) is 23.7 Å². The van der Waals surface area contributed by atoms with Gasteiger partial charge in [-0.1, -0.05) is 56.3 Å². The number of alkyl halides is 3. The molecule has 0 aliphatic carbocycles. The average molecular weight is 498 g/mol. The van der Waals surface area contributed by atoms with Gasteiger partial charge in [0.05, 0.1) is 24.5 Å². The van der Waals surface area contributed by atoms with Gasteiger partial charge in [-0.15, -0.1) is 0 Å². The standard InChI is InChI=1S/C27H26F3N3O3/c1-18(2)23-15-32(21-11-12-25(31-14-21)27(28,29)30)26(35)33(23)16-24(34)20-9-6-10-22(13-20)36-17-19-7-4-3-5-8-19/h3-14,18,23H,15-17H2,1-2H3/t23-/m1/s1. The van der Waals surface area contributed by atoms with E-state index in [9.17, 15) is 22.8 Å². The lowest BCUT2D eigenvalue weighted by Gasteiger charge is -2.25.